The predicted molar refractivity (Wildman–Crippen MR) is 72.0 cm³/mol. The van der Waals surface area contributed by atoms with Gasteiger partial charge in [0.15, 0.2) is 9.84 Å². The van der Waals surface area contributed by atoms with Crippen LogP contribution in [0.2, 0.25) is 0 Å². The molecule has 0 saturated carbocycles. The van der Waals surface area contributed by atoms with Gasteiger partial charge in [-0.25, -0.2) is 8.42 Å². The Bertz CT molecular complexity index is 314. The summed E-state index contributed by atoms with van der Waals surface area (Å²) in [6.45, 7) is 9.78. The van der Waals surface area contributed by atoms with Crippen molar-refractivity contribution in [3.8, 4) is 0 Å². The third kappa shape index (κ3) is 5.84. The summed E-state index contributed by atoms with van der Waals surface area (Å²) in [5.41, 5.74) is 0. The highest BCUT2D eigenvalue weighted by atomic mass is 32.2. The van der Waals surface area contributed by atoms with Gasteiger partial charge in [-0.1, -0.05) is 20.8 Å². The fourth-order valence-electron chi connectivity index (χ4n) is 2.24. The van der Waals surface area contributed by atoms with Crippen molar-refractivity contribution in [1.29, 1.82) is 0 Å². The molecule has 0 spiro atoms. The summed E-state index contributed by atoms with van der Waals surface area (Å²) in [6, 6.07) is 0.521. The fourth-order valence-corrected chi connectivity index (χ4v) is 3.06. The number of nitrogens with one attached hydrogen (secondary N) is 1. The largest absolute Gasteiger partial charge is 0.311 e. The van der Waals surface area contributed by atoms with Crippen molar-refractivity contribution in [1.82, 2.24) is 10.2 Å². The highest BCUT2D eigenvalue weighted by Gasteiger charge is 2.21. The maximum Gasteiger partial charge on any atom is 0.151 e. The van der Waals surface area contributed by atoms with Gasteiger partial charge in [0.2, 0.25) is 0 Å². The summed E-state index contributed by atoms with van der Waals surface area (Å²) in [6.07, 6.45) is 1.16. The first-order valence-electron chi connectivity index (χ1n) is 6.59. The lowest BCUT2D eigenvalue weighted by atomic mass is 10.0. The number of piperazine rings is 1. The van der Waals surface area contributed by atoms with Crippen LogP contribution >= 0.6 is 0 Å². The van der Waals surface area contributed by atoms with Gasteiger partial charge in [0, 0.05) is 38.0 Å². The minimum absolute atomic E-state index is 0.258. The van der Waals surface area contributed by atoms with Gasteiger partial charge in [-0.05, 0) is 12.3 Å². The molecule has 0 aromatic carbocycles. The zero-order valence-electron chi connectivity index (χ0n) is 11.3. The van der Waals surface area contributed by atoms with E-state index in [2.05, 4.69) is 24.1 Å². The summed E-state index contributed by atoms with van der Waals surface area (Å²) in [5, 5.41) is 3.50. The van der Waals surface area contributed by atoms with E-state index in [1.807, 2.05) is 0 Å². The molecular weight excluding hydrogens is 236 g/mol. The summed E-state index contributed by atoms with van der Waals surface area (Å²) < 4.78 is 22.9. The molecule has 0 aliphatic carbocycles. The van der Waals surface area contributed by atoms with E-state index in [4.69, 9.17) is 0 Å². The quantitative estimate of drug-likeness (QED) is 0.767. The maximum absolute atomic E-state index is 11.5. The van der Waals surface area contributed by atoms with Gasteiger partial charge in [0.25, 0.3) is 0 Å². The Hall–Kier alpha value is -0.130. The lowest BCUT2D eigenvalue weighted by molar-refractivity contribution is 0.195. The van der Waals surface area contributed by atoms with Crippen LogP contribution in [0.4, 0.5) is 0 Å². The van der Waals surface area contributed by atoms with E-state index in [9.17, 15) is 8.42 Å². The predicted octanol–water partition coefficient (Wildman–Crippen LogP) is 0.741. The molecule has 0 bridgehead atoms. The van der Waals surface area contributed by atoms with Crippen molar-refractivity contribution in [2.75, 3.05) is 37.7 Å². The van der Waals surface area contributed by atoms with Crippen molar-refractivity contribution in [2.45, 2.75) is 33.2 Å². The summed E-state index contributed by atoms with van der Waals surface area (Å²) in [5.74, 6) is 1.25. The molecule has 1 rings (SSSR count). The molecule has 1 heterocycles. The van der Waals surface area contributed by atoms with E-state index in [0.717, 1.165) is 26.1 Å². The van der Waals surface area contributed by atoms with Crippen LogP contribution in [0.25, 0.3) is 0 Å². The summed E-state index contributed by atoms with van der Waals surface area (Å²) in [4.78, 5) is 2.27. The zero-order chi connectivity index (χ0) is 12.9. The molecule has 0 radical (unpaired) electrons. The molecule has 1 saturated heterocycles. The summed E-state index contributed by atoms with van der Waals surface area (Å²) >= 11 is 0. The minimum atomic E-state index is -2.82. The number of hydrogen-bond acceptors (Lipinski definition) is 4. The first-order valence-corrected chi connectivity index (χ1v) is 8.41. The molecule has 1 aliphatic rings. The van der Waals surface area contributed by atoms with Crippen molar-refractivity contribution < 1.29 is 8.42 Å². The lowest BCUT2D eigenvalue weighted by Crippen LogP contribution is -2.52. The number of nitrogens with zero attached hydrogens (tertiary/aromatic N) is 1. The standard InChI is InChI=1S/C12H26N2O2S/c1-4-17(15,16)8-7-14-6-5-13-12(10-14)9-11(2)3/h11-13H,4-10H2,1-3H3. The Kier molecular flexibility index (Phi) is 5.89. The molecule has 102 valence electrons. The highest BCUT2D eigenvalue weighted by Crippen LogP contribution is 2.09. The molecule has 0 amide bonds. The molecule has 17 heavy (non-hydrogen) atoms. The van der Waals surface area contributed by atoms with Crippen molar-refractivity contribution in [3.05, 3.63) is 0 Å². The Morgan fingerprint density at radius 2 is 2.12 bits per heavy atom. The topological polar surface area (TPSA) is 49.4 Å². The van der Waals surface area contributed by atoms with Gasteiger partial charge in [-0.3, -0.25) is 4.90 Å². The second kappa shape index (κ2) is 6.71. The minimum Gasteiger partial charge on any atom is -0.311 e. The number of rotatable bonds is 6. The molecule has 5 heteroatoms. The van der Waals surface area contributed by atoms with E-state index in [-0.39, 0.29) is 5.75 Å². The smallest absolute Gasteiger partial charge is 0.151 e. The van der Waals surface area contributed by atoms with Crippen molar-refractivity contribution in [3.63, 3.8) is 0 Å². The van der Waals surface area contributed by atoms with Crippen LogP contribution in [0.5, 0.6) is 0 Å². The highest BCUT2D eigenvalue weighted by molar-refractivity contribution is 7.91. The van der Waals surface area contributed by atoms with Crippen LogP contribution < -0.4 is 5.32 Å². The monoisotopic (exact) mass is 262 g/mol. The lowest BCUT2D eigenvalue weighted by Gasteiger charge is -2.34. The van der Waals surface area contributed by atoms with E-state index in [0.29, 0.717) is 24.3 Å². The van der Waals surface area contributed by atoms with Crippen molar-refractivity contribution >= 4 is 9.84 Å². The maximum atomic E-state index is 11.5. The van der Waals surface area contributed by atoms with Crippen LogP contribution in [0.1, 0.15) is 27.2 Å². The average molecular weight is 262 g/mol. The van der Waals surface area contributed by atoms with Crippen LogP contribution in [-0.2, 0) is 9.84 Å². The Labute approximate surface area is 106 Å². The zero-order valence-corrected chi connectivity index (χ0v) is 12.1. The second-order valence-electron chi connectivity index (χ2n) is 5.32. The summed E-state index contributed by atoms with van der Waals surface area (Å²) in [7, 11) is -2.82. The van der Waals surface area contributed by atoms with E-state index in [1.54, 1.807) is 6.92 Å². The molecule has 1 N–H and O–H groups in total. The van der Waals surface area contributed by atoms with Crippen LogP contribution in [0, 0.1) is 5.92 Å². The Morgan fingerprint density at radius 3 is 2.71 bits per heavy atom. The third-order valence-corrected chi connectivity index (χ3v) is 4.94. The molecular formula is C12H26N2O2S. The average Bonchev–Trinajstić information content (AvgIpc) is 2.26. The molecule has 0 aromatic heterocycles. The Morgan fingerprint density at radius 1 is 1.41 bits per heavy atom. The first-order chi connectivity index (χ1) is 7.93. The number of sulfone groups is 1. The fraction of sp³-hybridized carbons (Fsp3) is 1.00. The van der Waals surface area contributed by atoms with Gasteiger partial charge in [0.1, 0.15) is 0 Å². The SMILES string of the molecule is CCS(=O)(=O)CCN1CCNC(CC(C)C)C1. The molecule has 0 aromatic rings. The van der Waals surface area contributed by atoms with Gasteiger partial charge in [-0.2, -0.15) is 0 Å². The van der Waals surface area contributed by atoms with Crippen LogP contribution in [0.15, 0.2) is 0 Å². The van der Waals surface area contributed by atoms with E-state index < -0.39 is 9.84 Å². The van der Waals surface area contributed by atoms with Gasteiger partial charge in [0.05, 0.1) is 5.75 Å². The number of hydrogen-bond donors (Lipinski definition) is 1. The second-order valence-corrected chi connectivity index (χ2v) is 7.79. The Balaban J connectivity index is 2.35. The van der Waals surface area contributed by atoms with Gasteiger partial charge >= 0.3 is 0 Å². The molecule has 1 atom stereocenters. The van der Waals surface area contributed by atoms with Crippen molar-refractivity contribution in [2.24, 2.45) is 5.92 Å². The van der Waals surface area contributed by atoms with E-state index in [1.165, 1.54) is 0 Å². The first kappa shape index (κ1) is 14.9. The van der Waals surface area contributed by atoms with E-state index >= 15 is 0 Å². The molecule has 4 nitrogen and oxygen atoms in total. The third-order valence-electron chi connectivity index (χ3n) is 3.25. The van der Waals surface area contributed by atoms with Gasteiger partial charge in [-0.15, -0.1) is 0 Å². The van der Waals surface area contributed by atoms with Crippen LogP contribution in [0.3, 0.4) is 0 Å². The molecule has 1 aliphatic heterocycles. The normalized spacial score (nSPS) is 23.2. The molecule has 1 unspecified atom stereocenters. The van der Waals surface area contributed by atoms with Crippen LogP contribution in [-0.4, -0.2) is 57.0 Å². The van der Waals surface area contributed by atoms with Gasteiger partial charge < -0.3 is 5.32 Å². The molecule has 1 fully saturated rings.